The first-order valence-electron chi connectivity index (χ1n) is 14.4. The van der Waals surface area contributed by atoms with Crippen LogP contribution in [0.5, 0.6) is 0 Å². The lowest BCUT2D eigenvalue weighted by atomic mass is 9.33. The molecular weight excluding hydrogens is 436 g/mol. The molecule has 4 heteroatoms. The zero-order valence-corrected chi connectivity index (χ0v) is 23.5. The van der Waals surface area contributed by atoms with E-state index in [9.17, 15) is 15.0 Å². The van der Waals surface area contributed by atoms with Crippen LogP contribution in [0.1, 0.15) is 99.8 Å². The Morgan fingerprint density at radius 2 is 1.69 bits per heavy atom. The minimum Gasteiger partial charge on any atom is -0.481 e. The van der Waals surface area contributed by atoms with Gasteiger partial charge in [-0.25, -0.2) is 0 Å². The maximum Gasteiger partial charge on any atom is 0.310 e. The molecule has 4 fully saturated rings. The normalized spacial score (nSPS) is 55.0. The predicted octanol–water partition coefficient (Wildman–Crippen LogP) is 6.71. The molecule has 2 N–H and O–H groups in total. The molecule has 4 nitrogen and oxygen atoms in total. The van der Waals surface area contributed by atoms with Crippen molar-refractivity contribution in [2.24, 2.45) is 56.7 Å². The van der Waals surface area contributed by atoms with Crippen LogP contribution in [0.2, 0.25) is 0 Å². The van der Waals surface area contributed by atoms with Crippen LogP contribution < -0.4 is 0 Å². The third-order valence-electron chi connectivity index (χ3n) is 13.6. The molecule has 198 valence electrons. The molecule has 0 aromatic rings. The SMILES string of the molecule is CO[C@H]1C[C@@]2(C)C(CC[C@]3(C)C2CC=C2C4[C@@H](C)[C@H](C)CCC4(C(=O)O)CC[C@]23C)C(C)(C)C1O. The lowest BCUT2D eigenvalue weighted by Gasteiger charge is -2.71. The highest BCUT2D eigenvalue weighted by Gasteiger charge is 2.70. The summed E-state index contributed by atoms with van der Waals surface area (Å²) in [7, 11) is 1.76. The smallest absolute Gasteiger partial charge is 0.310 e. The molecule has 0 bridgehead atoms. The lowest BCUT2D eigenvalue weighted by Crippen LogP contribution is -2.67. The van der Waals surface area contributed by atoms with Gasteiger partial charge in [0.1, 0.15) is 0 Å². The Balaban J connectivity index is 1.62. The molecule has 0 spiro atoms. The molecule has 0 aromatic carbocycles. The molecule has 5 aliphatic rings. The Bertz CT molecular complexity index is 923. The van der Waals surface area contributed by atoms with Gasteiger partial charge in [-0.15, -0.1) is 0 Å². The molecule has 0 heterocycles. The van der Waals surface area contributed by atoms with Gasteiger partial charge in [0.25, 0.3) is 0 Å². The summed E-state index contributed by atoms with van der Waals surface area (Å²) in [4.78, 5) is 12.8. The number of methoxy groups -OCH3 is 1. The molecule has 11 atom stereocenters. The second-order valence-corrected chi connectivity index (χ2v) is 14.9. The van der Waals surface area contributed by atoms with Crippen molar-refractivity contribution in [2.75, 3.05) is 7.11 Å². The Morgan fingerprint density at radius 1 is 1.00 bits per heavy atom. The molecular formula is C31H50O4. The summed E-state index contributed by atoms with van der Waals surface area (Å²) in [5.74, 6) is 1.54. The van der Waals surface area contributed by atoms with Gasteiger partial charge in [0.15, 0.2) is 0 Å². The van der Waals surface area contributed by atoms with Crippen LogP contribution in [-0.2, 0) is 9.53 Å². The number of allylic oxidation sites excluding steroid dienone is 2. The summed E-state index contributed by atoms with van der Waals surface area (Å²) in [6.07, 6.45) is 9.86. The van der Waals surface area contributed by atoms with Gasteiger partial charge < -0.3 is 14.9 Å². The van der Waals surface area contributed by atoms with Gasteiger partial charge >= 0.3 is 5.97 Å². The van der Waals surface area contributed by atoms with Crippen molar-refractivity contribution in [3.05, 3.63) is 11.6 Å². The van der Waals surface area contributed by atoms with E-state index in [-0.39, 0.29) is 33.7 Å². The van der Waals surface area contributed by atoms with Crippen LogP contribution in [0.25, 0.3) is 0 Å². The molecule has 35 heavy (non-hydrogen) atoms. The van der Waals surface area contributed by atoms with E-state index in [1.807, 2.05) is 0 Å². The summed E-state index contributed by atoms with van der Waals surface area (Å²) in [5.41, 5.74) is 0.974. The third kappa shape index (κ3) is 3.02. The number of rotatable bonds is 2. The van der Waals surface area contributed by atoms with Crippen LogP contribution in [0.15, 0.2) is 11.6 Å². The minimum atomic E-state index is -0.584. The van der Waals surface area contributed by atoms with Gasteiger partial charge in [0.2, 0.25) is 0 Å². The number of aliphatic hydroxyl groups is 1. The standard InChI is InChI=1S/C31H50O4/c1-18-11-14-31(26(33)34)16-15-29(6)20(24(31)19(18)2)9-10-23-28(5)17-21(35-8)25(32)27(3,4)22(28)12-13-30(23,29)7/h9,18-19,21-25,32H,10-17H2,1-8H3,(H,33,34)/t18-,19+,21+,22?,23?,24?,25?,28+,29-,30-,31?/m1/s1. The van der Waals surface area contributed by atoms with E-state index in [2.05, 4.69) is 54.5 Å². The summed E-state index contributed by atoms with van der Waals surface area (Å²) in [6, 6.07) is 0. The average Bonchev–Trinajstić information content (AvgIpc) is 2.79. The number of aliphatic hydroxyl groups excluding tert-OH is 1. The minimum absolute atomic E-state index is 0.0294. The number of aliphatic carboxylic acids is 1. The van der Waals surface area contributed by atoms with Crippen LogP contribution in [0, 0.1) is 56.7 Å². The molecule has 0 aliphatic heterocycles. The second-order valence-electron chi connectivity index (χ2n) is 14.9. The van der Waals surface area contributed by atoms with Gasteiger partial charge in [-0.05, 0) is 103 Å². The molecule has 5 unspecified atom stereocenters. The molecule has 5 aliphatic carbocycles. The van der Waals surface area contributed by atoms with E-state index in [0.29, 0.717) is 23.7 Å². The van der Waals surface area contributed by atoms with Crippen molar-refractivity contribution in [1.82, 2.24) is 0 Å². The number of carboxylic acids is 1. The first-order chi connectivity index (χ1) is 16.2. The van der Waals surface area contributed by atoms with Crippen LogP contribution >= 0.6 is 0 Å². The maximum atomic E-state index is 12.8. The number of carbonyl (C=O) groups is 1. The number of hydrogen-bond donors (Lipinski definition) is 2. The topological polar surface area (TPSA) is 66.8 Å². The number of fused-ring (bicyclic) bond motifs is 7. The fraction of sp³-hybridized carbons (Fsp3) is 0.903. The summed E-state index contributed by atoms with van der Waals surface area (Å²) in [5, 5.41) is 21.8. The van der Waals surface area contributed by atoms with E-state index in [1.165, 1.54) is 5.57 Å². The van der Waals surface area contributed by atoms with Crippen LogP contribution in [0.3, 0.4) is 0 Å². The Kier molecular flexibility index (Phi) is 5.76. The lowest BCUT2D eigenvalue weighted by molar-refractivity contribution is -0.236. The predicted molar refractivity (Wildman–Crippen MR) is 139 cm³/mol. The summed E-state index contributed by atoms with van der Waals surface area (Å²) in [6.45, 7) is 16.7. The van der Waals surface area contributed by atoms with Crippen LogP contribution in [-0.4, -0.2) is 35.5 Å². The zero-order valence-electron chi connectivity index (χ0n) is 23.5. The Hall–Kier alpha value is -0.870. The number of hydrogen-bond acceptors (Lipinski definition) is 3. The quantitative estimate of drug-likeness (QED) is 0.426. The van der Waals surface area contributed by atoms with Crippen molar-refractivity contribution < 1.29 is 19.7 Å². The van der Waals surface area contributed by atoms with Gasteiger partial charge in [0, 0.05) is 7.11 Å². The zero-order chi connectivity index (χ0) is 25.8. The van der Waals surface area contributed by atoms with Crippen molar-refractivity contribution in [3.63, 3.8) is 0 Å². The largest absolute Gasteiger partial charge is 0.481 e. The maximum absolute atomic E-state index is 12.8. The third-order valence-corrected chi connectivity index (χ3v) is 13.6. The molecule has 0 saturated heterocycles. The van der Waals surface area contributed by atoms with Gasteiger partial charge in [-0.1, -0.05) is 60.1 Å². The molecule has 4 saturated carbocycles. The van der Waals surface area contributed by atoms with E-state index in [1.54, 1.807) is 7.11 Å². The molecule has 0 radical (unpaired) electrons. The van der Waals surface area contributed by atoms with Crippen molar-refractivity contribution in [3.8, 4) is 0 Å². The number of carboxylic acid groups (broad SMARTS) is 1. The van der Waals surface area contributed by atoms with E-state index < -0.39 is 17.5 Å². The highest BCUT2D eigenvalue weighted by atomic mass is 16.5. The summed E-state index contributed by atoms with van der Waals surface area (Å²) >= 11 is 0. The van der Waals surface area contributed by atoms with E-state index in [4.69, 9.17) is 4.74 Å². The van der Waals surface area contributed by atoms with E-state index in [0.717, 1.165) is 51.4 Å². The van der Waals surface area contributed by atoms with Gasteiger partial charge in [-0.2, -0.15) is 0 Å². The fourth-order valence-electron chi connectivity index (χ4n) is 11.2. The highest BCUT2D eigenvalue weighted by Crippen LogP contribution is 2.75. The fourth-order valence-corrected chi connectivity index (χ4v) is 11.2. The Labute approximate surface area is 213 Å². The first kappa shape index (κ1) is 25.8. The second kappa shape index (κ2) is 7.82. The average molecular weight is 487 g/mol. The Morgan fingerprint density at radius 3 is 2.31 bits per heavy atom. The monoisotopic (exact) mass is 486 g/mol. The molecule has 0 aromatic heterocycles. The van der Waals surface area contributed by atoms with E-state index >= 15 is 0 Å². The van der Waals surface area contributed by atoms with Crippen molar-refractivity contribution >= 4 is 5.97 Å². The molecule has 5 rings (SSSR count). The van der Waals surface area contributed by atoms with Crippen LogP contribution in [0.4, 0.5) is 0 Å². The number of ether oxygens (including phenoxy) is 1. The summed E-state index contributed by atoms with van der Waals surface area (Å²) < 4.78 is 5.90. The van der Waals surface area contributed by atoms with Crippen molar-refractivity contribution in [1.29, 1.82) is 0 Å². The molecule has 0 amide bonds. The highest BCUT2D eigenvalue weighted by molar-refractivity contribution is 5.76. The van der Waals surface area contributed by atoms with Crippen molar-refractivity contribution in [2.45, 2.75) is 112 Å². The van der Waals surface area contributed by atoms with Gasteiger partial charge in [-0.3, -0.25) is 4.79 Å². The van der Waals surface area contributed by atoms with Gasteiger partial charge in [0.05, 0.1) is 17.6 Å². The first-order valence-corrected chi connectivity index (χ1v) is 14.4.